The van der Waals surface area contributed by atoms with Crippen molar-refractivity contribution in [1.82, 2.24) is 5.32 Å². The molecule has 0 spiro atoms. The van der Waals surface area contributed by atoms with Crippen LogP contribution in [0.3, 0.4) is 0 Å². The molecule has 0 aliphatic rings. The Morgan fingerprint density at radius 2 is 1.92 bits per heavy atom. The van der Waals surface area contributed by atoms with Gasteiger partial charge in [-0.25, -0.2) is 0 Å². The molecule has 3 heteroatoms. The minimum absolute atomic E-state index is 0.257. The zero-order chi connectivity index (χ0) is 10.6. The standard InChI is InChI=1S/C10H22N2O/c1-6-8(4)10(5,9(11)13)12-7(2)3/h7-8,12H,6H2,1-5H3,(H2,11,13). The molecule has 0 aliphatic carbocycles. The monoisotopic (exact) mass is 186 g/mol. The number of hydrogen-bond acceptors (Lipinski definition) is 2. The van der Waals surface area contributed by atoms with E-state index < -0.39 is 5.54 Å². The van der Waals surface area contributed by atoms with E-state index in [9.17, 15) is 4.79 Å². The lowest BCUT2D eigenvalue weighted by Crippen LogP contribution is -2.59. The van der Waals surface area contributed by atoms with Crippen molar-refractivity contribution in [1.29, 1.82) is 0 Å². The molecule has 3 nitrogen and oxygen atoms in total. The van der Waals surface area contributed by atoms with Crippen LogP contribution in [0.4, 0.5) is 0 Å². The van der Waals surface area contributed by atoms with Gasteiger partial charge in [0.05, 0.1) is 5.54 Å². The number of hydrogen-bond donors (Lipinski definition) is 2. The summed E-state index contributed by atoms with van der Waals surface area (Å²) in [6.07, 6.45) is 0.944. The van der Waals surface area contributed by atoms with Crippen LogP contribution < -0.4 is 11.1 Å². The second kappa shape index (κ2) is 4.61. The molecular formula is C10H22N2O. The predicted octanol–water partition coefficient (Wildman–Crippen LogP) is 1.27. The highest BCUT2D eigenvalue weighted by Gasteiger charge is 2.36. The van der Waals surface area contributed by atoms with Gasteiger partial charge < -0.3 is 11.1 Å². The lowest BCUT2D eigenvalue weighted by molar-refractivity contribution is -0.126. The van der Waals surface area contributed by atoms with E-state index in [1.54, 1.807) is 0 Å². The summed E-state index contributed by atoms with van der Waals surface area (Å²) in [4.78, 5) is 11.3. The highest BCUT2D eigenvalue weighted by Crippen LogP contribution is 2.20. The number of carbonyl (C=O) groups excluding carboxylic acids is 1. The minimum Gasteiger partial charge on any atom is -0.368 e. The molecular weight excluding hydrogens is 164 g/mol. The summed E-state index contributed by atoms with van der Waals surface area (Å²) < 4.78 is 0. The smallest absolute Gasteiger partial charge is 0.237 e. The van der Waals surface area contributed by atoms with Gasteiger partial charge in [-0.2, -0.15) is 0 Å². The molecule has 13 heavy (non-hydrogen) atoms. The van der Waals surface area contributed by atoms with Crippen LogP contribution in [0.2, 0.25) is 0 Å². The summed E-state index contributed by atoms with van der Waals surface area (Å²) in [5.74, 6) is -0.0112. The maximum absolute atomic E-state index is 11.3. The van der Waals surface area contributed by atoms with Crippen molar-refractivity contribution in [2.24, 2.45) is 11.7 Å². The van der Waals surface area contributed by atoms with Gasteiger partial charge in [0.2, 0.25) is 5.91 Å². The first-order valence-corrected chi connectivity index (χ1v) is 4.92. The molecule has 0 aromatic carbocycles. The first-order chi connectivity index (χ1) is 5.84. The number of nitrogens with two attached hydrogens (primary N) is 1. The average molecular weight is 186 g/mol. The molecule has 3 N–H and O–H groups in total. The second-order valence-electron chi connectivity index (χ2n) is 4.17. The topological polar surface area (TPSA) is 55.1 Å². The predicted molar refractivity (Wildman–Crippen MR) is 55.3 cm³/mol. The highest BCUT2D eigenvalue weighted by molar-refractivity contribution is 5.84. The normalized spacial score (nSPS) is 18.3. The molecule has 0 aliphatic heterocycles. The Morgan fingerprint density at radius 1 is 1.46 bits per heavy atom. The Morgan fingerprint density at radius 3 is 2.15 bits per heavy atom. The first-order valence-electron chi connectivity index (χ1n) is 4.92. The fourth-order valence-corrected chi connectivity index (χ4v) is 1.46. The van der Waals surface area contributed by atoms with E-state index in [1.807, 2.05) is 27.7 Å². The van der Waals surface area contributed by atoms with Crippen LogP contribution in [0.5, 0.6) is 0 Å². The fraction of sp³-hybridized carbons (Fsp3) is 0.900. The van der Waals surface area contributed by atoms with Gasteiger partial charge in [-0.1, -0.05) is 20.3 Å². The molecule has 0 saturated heterocycles. The van der Waals surface area contributed by atoms with Crippen molar-refractivity contribution in [3.8, 4) is 0 Å². The van der Waals surface area contributed by atoms with E-state index in [0.29, 0.717) is 0 Å². The van der Waals surface area contributed by atoms with Gasteiger partial charge in [-0.3, -0.25) is 4.79 Å². The lowest BCUT2D eigenvalue weighted by Gasteiger charge is -2.35. The maximum atomic E-state index is 11.3. The van der Waals surface area contributed by atoms with E-state index in [1.165, 1.54) is 0 Å². The van der Waals surface area contributed by atoms with Crippen LogP contribution in [0.1, 0.15) is 41.0 Å². The number of carbonyl (C=O) groups is 1. The van der Waals surface area contributed by atoms with Gasteiger partial charge in [0.15, 0.2) is 0 Å². The summed E-state index contributed by atoms with van der Waals surface area (Å²) in [7, 11) is 0. The summed E-state index contributed by atoms with van der Waals surface area (Å²) >= 11 is 0. The van der Waals surface area contributed by atoms with E-state index in [-0.39, 0.29) is 17.9 Å². The quantitative estimate of drug-likeness (QED) is 0.679. The van der Waals surface area contributed by atoms with Gasteiger partial charge in [-0.15, -0.1) is 0 Å². The Labute approximate surface area is 81.1 Å². The first kappa shape index (κ1) is 12.4. The van der Waals surface area contributed by atoms with E-state index >= 15 is 0 Å². The molecule has 0 rings (SSSR count). The molecule has 0 aromatic heterocycles. The fourth-order valence-electron chi connectivity index (χ4n) is 1.46. The third-order valence-electron chi connectivity index (χ3n) is 2.70. The Kier molecular flexibility index (Phi) is 4.40. The maximum Gasteiger partial charge on any atom is 0.237 e. The zero-order valence-electron chi connectivity index (χ0n) is 9.35. The van der Waals surface area contributed by atoms with E-state index in [4.69, 9.17) is 5.73 Å². The second-order valence-corrected chi connectivity index (χ2v) is 4.17. The zero-order valence-corrected chi connectivity index (χ0v) is 9.35. The van der Waals surface area contributed by atoms with Crippen LogP contribution in [0.25, 0.3) is 0 Å². The van der Waals surface area contributed by atoms with Crippen molar-refractivity contribution in [3.63, 3.8) is 0 Å². The SMILES string of the molecule is CCC(C)C(C)(NC(C)C)C(N)=O. The molecule has 0 aromatic rings. The molecule has 78 valence electrons. The van der Waals surface area contributed by atoms with Crippen LogP contribution in [0.15, 0.2) is 0 Å². The van der Waals surface area contributed by atoms with Crippen molar-refractivity contribution >= 4 is 5.91 Å². The van der Waals surface area contributed by atoms with Crippen molar-refractivity contribution in [2.45, 2.75) is 52.6 Å². The molecule has 0 fully saturated rings. The molecule has 1 amide bonds. The average Bonchev–Trinajstić information content (AvgIpc) is 2.01. The summed E-state index contributed by atoms with van der Waals surface area (Å²) in [5.41, 5.74) is 4.81. The number of amides is 1. The summed E-state index contributed by atoms with van der Waals surface area (Å²) in [6.45, 7) is 10.0. The van der Waals surface area contributed by atoms with Crippen LogP contribution in [-0.4, -0.2) is 17.5 Å². The van der Waals surface area contributed by atoms with Crippen LogP contribution in [-0.2, 0) is 4.79 Å². The van der Waals surface area contributed by atoms with Gasteiger partial charge in [-0.05, 0) is 26.7 Å². The molecule has 0 heterocycles. The largest absolute Gasteiger partial charge is 0.368 e. The Hall–Kier alpha value is -0.570. The van der Waals surface area contributed by atoms with E-state index in [0.717, 1.165) is 6.42 Å². The van der Waals surface area contributed by atoms with Crippen LogP contribution >= 0.6 is 0 Å². The van der Waals surface area contributed by atoms with Gasteiger partial charge in [0, 0.05) is 6.04 Å². The Balaban J connectivity index is 4.62. The number of nitrogens with one attached hydrogen (secondary N) is 1. The molecule has 2 atom stereocenters. The summed E-state index contributed by atoms with van der Waals surface area (Å²) in [5, 5.41) is 3.23. The lowest BCUT2D eigenvalue weighted by atomic mass is 9.84. The molecule has 0 radical (unpaired) electrons. The van der Waals surface area contributed by atoms with Crippen molar-refractivity contribution in [3.05, 3.63) is 0 Å². The van der Waals surface area contributed by atoms with Gasteiger partial charge >= 0.3 is 0 Å². The van der Waals surface area contributed by atoms with Crippen molar-refractivity contribution in [2.75, 3.05) is 0 Å². The third kappa shape index (κ3) is 2.99. The Bertz CT molecular complexity index is 180. The number of primary amides is 1. The minimum atomic E-state index is -0.580. The highest BCUT2D eigenvalue weighted by atomic mass is 16.1. The molecule has 0 saturated carbocycles. The third-order valence-corrected chi connectivity index (χ3v) is 2.70. The van der Waals surface area contributed by atoms with E-state index in [2.05, 4.69) is 12.2 Å². The van der Waals surface area contributed by atoms with Gasteiger partial charge in [0.1, 0.15) is 0 Å². The van der Waals surface area contributed by atoms with Gasteiger partial charge in [0.25, 0.3) is 0 Å². The van der Waals surface area contributed by atoms with Crippen LogP contribution in [0, 0.1) is 5.92 Å². The molecule has 0 bridgehead atoms. The van der Waals surface area contributed by atoms with Crippen molar-refractivity contribution < 1.29 is 4.79 Å². The summed E-state index contributed by atoms with van der Waals surface area (Å²) in [6, 6.07) is 0.270. The molecule has 2 unspecified atom stereocenters. The number of rotatable bonds is 5.